The molecule has 2 aliphatic rings. The predicted octanol–water partition coefficient (Wildman–Crippen LogP) is 1.99. The second-order valence-corrected chi connectivity index (χ2v) is 10.1. The van der Waals surface area contributed by atoms with Crippen LogP contribution in [0.1, 0.15) is 41.7 Å². The maximum Gasteiger partial charge on any atom is 0.270 e. The van der Waals surface area contributed by atoms with Crippen molar-refractivity contribution in [3.63, 3.8) is 0 Å². The molecule has 0 radical (unpaired) electrons. The molecule has 2 fully saturated rings. The molecule has 0 unspecified atom stereocenters. The van der Waals surface area contributed by atoms with Gasteiger partial charge in [-0.3, -0.25) is 9.59 Å². The van der Waals surface area contributed by atoms with Crippen LogP contribution in [-0.4, -0.2) is 65.6 Å². The van der Waals surface area contributed by atoms with Crippen molar-refractivity contribution in [2.45, 2.75) is 37.5 Å². The van der Waals surface area contributed by atoms with Crippen LogP contribution in [0.15, 0.2) is 35.5 Å². The number of aromatic amines is 1. The minimum absolute atomic E-state index is 0.0523. The number of hydrogen-bond donors (Lipinski definition) is 2. The van der Waals surface area contributed by atoms with Gasteiger partial charge in [0, 0.05) is 38.6 Å². The van der Waals surface area contributed by atoms with Crippen molar-refractivity contribution in [3.8, 4) is 0 Å². The molecule has 31 heavy (non-hydrogen) atoms. The Bertz CT molecular complexity index is 1070. The Morgan fingerprint density at radius 1 is 1.16 bits per heavy atom. The first-order valence-electron chi connectivity index (χ1n) is 10.6. The van der Waals surface area contributed by atoms with E-state index in [1.165, 1.54) is 16.6 Å². The van der Waals surface area contributed by atoms with E-state index in [4.69, 9.17) is 0 Å². The largest absolute Gasteiger partial charge is 0.356 e. The smallest absolute Gasteiger partial charge is 0.270 e. The van der Waals surface area contributed by atoms with E-state index in [2.05, 4.69) is 15.3 Å². The van der Waals surface area contributed by atoms with Crippen LogP contribution >= 0.6 is 0 Å². The molecule has 0 saturated carbocycles. The highest BCUT2D eigenvalue weighted by atomic mass is 32.2. The van der Waals surface area contributed by atoms with Gasteiger partial charge in [0.2, 0.25) is 15.9 Å². The lowest BCUT2D eigenvalue weighted by Gasteiger charge is -2.30. The summed E-state index contributed by atoms with van der Waals surface area (Å²) < 4.78 is 27.6. The van der Waals surface area contributed by atoms with Crippen molar-refractivity contribution in [3.05, 3.63) is 41.9 Å². The molecule has 1 atom stereocenters. The van der Waals surface area contributed by atoms with Crippen LogP contribution in [0, 0.1) is 12.8 Å². The highest BCUT2D eigenvalue weighted by Gasteiger charge is 2.34. The Morgan fingerprint density at radius 2 is 1.94 bits per heavy atom. The summed E-state index contributed by atoms with van der Waals surface area (Å²) >= 11 is 0. The van der Waals surface area contributed by atoms with Gasteiger partial charge in [0.25, 0.3) is 5.91 Å². The van der Waals surface area contributed by atoms with Crippen LogP contribution < -0.4 is 5.32 Å². The summed E-state index contributed by atoms with van der Waals surface area (Å²) in [5, 5.41) is 2.79. The Hall–Kier alpha value is -2.72. The van der Waals surface area contributed by atoms with Gasteiger partial charge >= 0.3 is 0 Å². The highest BCUT2D eigenvalue weighted by Crippen LogP contribution is 2.26. The van der Waals surface area contributed by atoms with E-state index < -0.39 is 15.9 Å². The second kappa shape index (κ2) is 8.80. The van der Waals surface area contributed by atoms with E-state index in [0.29, 0.717) is 38.3 Å². The Labute approximate surface area is 181 Å². The molecule has 4 heterocycles. The maximum absolute atomic E-state index is 13.2. The zero-order valence-electron chi connectivity index (χ0n) is 17.5. The predicted molar refractivity (Wildman–Crippen MR) is 115 cm³/mol. The van der Waals surface area contributed by atoms with E-state index in [1.807, 2.05) is 13.0 Å². The summed E-state index contributed by atoms with van der Waals surface area (Å²) in [6, 6.07) is 5.01. The van der Waals surface area contributed by atoms with Gasteiger partial charge in [-0.25, -0.2) is 13.4 Å². The summed E-state index contributed by atoms with van der Waals surface area (Å²) in [5.74, 6) is -0.423. The van der Waals surface area contributed by atoms with Gasteiger partial charge in [0.15, 0.2) is 0 Å². The number of likely N-dealkylation sites (tertiary alicyclic amines) is 1. The molecule has 0 aliphatic carbocycles. The lowest BCUT2D eigenvalue weighted by molar-refractivity contribution is -0.120. The molecule has 166 valence electrons. The summed E-state index contributed by atoms with van der Waals surface area (Å²) in [6.07, 6.45) is 6.10. The minimum Gasteiger partial charge on any atom is -0.356 e. The number of aromatic nitrogens is 2. The number of sulfonamides is 1. The van der Waals surface area contributed by atoms with Crippen molar-refractivity contribution < 1.29 is 18.0 Å². The normalized spacial score (nSPS) is 20.0. The summed E-state index contributed by atoms with van der Waals surface area (Å²) in [6.45, 7) is 3.74. The average Bonchev–Trinajstić information content (AvgIpc) is 3.46. The third-order valence-electron chi connectivity index (χ3n) is 5.84. The fraction of sp³-hybridized carbons (Fsp3) is 0.476. The van der Waals surface area contributed by atoms with Crippen molar-refractivity contribution in [2.24, 2.45) is 5.92 Å². The zero-order valence-corrected chi connectivity index (χ0v) is 18.3. The van der Waals surface area contributed by atoms with E-state index in [9.17, 15) is 18.0 Å². The van der Waals surface area contributed by atoms with Crippen LogP contribution in [0.4, 0.5) is 5.82 Å². The number of nitrogens with zero attached hydrogens (tertiary/aromatic N) is 3. The molecule has 0 spiro atoms. The van der Waals surface area contributed by atoms with Gasteiger partial charge in [0.05, 0.1) is 5.92 Å². The summed E-state index contributed by atoms with van der Waals surface area (Å²) in [7, 11) is -3.81. The van der Waals surface area contributed by atoms with E-state index in [0.717, 1.165) is 18.4 Å². The molecule has 0 bridgehead atoms. The van der Waals surface area contributed by atoms with Gasteiger partial charge < -0.3 is 15.2 Å². The molecule has 2 aromatic rings. The number of carbonyl (C=O) groups excluding carboxylic acids is 2. The van der Waals surface area contributed by atoms with Crippen molar-refractivity contribution in [1.82, 2.24) is 19.2 Å². The Morgan fingerprint density at radius 3 is 2.68 bits per heavy atom. The fourth-order valence-corrected chi connectivity index (χ4v) is 5.61. The van der Waals surface area contributed by atoms with E-state index >= 15 is 0 Å². The number of H-pyrrole nitrogens is 1. The number of piperidine rings is 1. The van der Waals surface area contributed by atoms with Crippen molar-refractivity contribution in [2.75, 3.05) is 31.5 Å². The highest BCUT2D eigenvalue weighted by molar-refractivity contribution is 7.89. The number of amides is 2. The number of carbonyl (C=O) groups is 2. The lowest BCUT2D eigenvalue weighted by Crippen LogP contribution is -2.43. The number of aryl methyl sites for hydroxylation is 1. The molecule has 4 rings (SSSR count). The number of anilines is 1. The lowest BCUT2D eigenvalue weighted by atomic mass is 9.99. The number of hydrogen-bond acceptors (Lipinski definition) is 5. The molecule has 2 aliphatic heterocycles. The third kappa shape index (κ3) is 4.64. The van der Waals surface area contributed by atoms with Gasteiger partial charge in [-0.15, -0.1) is 0 Å². The molecular weight excluding hydrogens is 418 g/mol. The Balaban J connectivity index is 1.44. The quantitative estimate of drug-likeness (QED) is 0.730. The second-order valence-electron chi connectivity index (χ2n) is 8.16. The monoisotopic (exact) mass is 445 g/mol. The molecule has 10 heteroatoms. The fourth-order valence-electron chi connectivity index (χ4n) is 4.09. The van der Waals surface area contributed by atoms with Crippen LogP contribution in [-0.2, 0) is 14.8 Å². The van der Waals surface area contributed by atoms with E-state index in [-0.39, 0.29) is 28.9 Å². The summed E-state index contributed by atoms with van der Waals surface area (Å²) in [5.41, 5.74) is 1.25. The maximum atomic E-state index is 13.2. The number of pyridine rings is 1. The van der Waals surface area contributed by atoms with Crippen LogP contribution in [0.2, 0.25) is 0 Å². The molecule has 0 aromatic carbocycles. The first kappa shape index (κ1) is 21.5. The SMILES string of the molecule is Cc1ccnc(NC(=O)[C@H]2CCCN(S(=O)(=O)c3c[nH]c(C(=O)N4CCCC4)c3)C2)c1. The molecule has 2 aromatic heterocycles. The van der Waals surface area contributed by atoms with Gasteiger partial charge in [0.1, 0.15) is 16.4 Å². The first-order valence-corrected chi connectivity index (χ1v) is 12.0. The molecule has 2 N–H and O–H groups in total. The molecular formula is C21H27N5O4S. The number of rotatable bonds is 5. The number of nitrogens with one attached hydrogen (secondary N) is 2. The van der Waals surface area contributed by atoms with Crippen LogP contribution in [0.25, 0.3) is 0 Å². The van der Waals surface area contributed by atoms with Crippen LogP contribution in [0.3, 0.4) is 0 Å². The van der Waals surface area contributed by atoms with Crippen LogP contribution in [0.5, 0.6) is 0 Å². The van der Waals surface area contributed by atoms with Gasteiger partial charge in [-0.1, -0.05) is 0 Å². The first-order chi connectivity index (χ1) is 14.8. The topological polar surface area (TPSA) is 115 Å². The molecule has 9 nitrogen and oxygen atoms in total. The molecule has 2 amide bonds. The van der Waals surface area contributed by atoms with Gasteiger partial charge in [-0.2, -0.15) is 4.31 Å². The van der Waals surface area contributed by atoms with E-state index in [1.54, 1.807) is 17.2 Å². The minimum atomic E-state index is -3.81. The van der Waals surface area contributed by atoms with Crippen molar-refractivity contribution >= 4 is 27.7 Å². The zero-order chi connectivity index (χ0) is 22.0. The molecule has 2 saturated heterocycles. The third-order valence-corrected chi connectivity index (χ3v) is 7.68. The standard InChI is InChI=1S/C21H27N5O4S/c1-15-6-7-22-19(11-15)24-20(27)16-5-4-10-26(14-16)31(29,30)17-12-18(23-13-17)21(28)25-8-2-3-9-25/h6-7,11-13,16,23H,2-5,8-10,14H2,1H3,(H,22,24,27)/t16-/m0/s1. The Kier molecular flexibility index (Phi) is 6.10. The summed E-state index contributed by atoms with van der Waals surface area (Å²) in [4.78, 5) is 34.0. The van der Waals surface area contributed by atoms with Crippen molar-refractivity contribution in [1.29, 1.82) is 0 Å². The average molecular weight is 446 g/mol. The van der Waals surface area contributed by atoms with Gasteiger partial charge in [-0.05, 0) is 56.4 Å².